The van der Waals surface area contributed by atoms with E-state index in [1.54, 1.807) is 0 Å². The summed E-state index contributed by atoms with van der Waals surface area (Å²) in [6.07, 6.45) is 0.995. The number of ether oxygens (including phenoxy) is 1. The molecule has 0 aromatic heterocycles. The summed E-state index contributed by atoms with van der Waals surface area (Å²) in [4.78, 5) is 0.0578. The van der Waals surface area contributed by atoms with Crippen LogP contribution in [0.25, 0.3) is 0 Å². The van der Waals surface area contributed by atoms with Crippen LogP contribution in [0, 0.1) is 0 Å². The van der Waals surface area contributed by atoms with Crippen molar-refractivity contribution in [3.05, 3.63) is 63.6 Å². The van der Waals surface area contributed by atoms with E-state index in [9.17, 15) is 0 Å². The Morgan fingerprint density at radius 1 is 1.05 bits per heavy atom. The molecule has 0 N–H and O–H groups in total. The van der Waals surface area contributed by atoms with E-state index in [4.69, 9.17) is 27.9 Å². The highest BCUT2D eigenvalue weighted by Gasteiger charge is 2.12. The Hall–Kier alpha value is -0.700. The zero-order valence-electron chi connectivity index (χ0n) is 11.1. The van der Waals surface area contributed by atoms with Crippen molar-refractivity contribution in [3.63, 3.8) is 0 Å². The Labute approximate surface area is 138 Å². The van der Waals surface area contributed by atoms with Gasteiger partial charge in [-0.2, -0.15) is 0 Å². The zero-order chi connectivity index (χ0) is 14.5. The number of hydrogen-bond donors (Lipinski definition) is 0. The molecule has 2 rings (SSSR count). The van der Waals surface area contributed by atoms with E-state index in [1.807, 2.05) is 36.4 Å². The van der Waals surface area contributed by atoms with Gasteiger partial charge in [0, 0.05) is 0 Å². The maximum Gasteiger partial charge on any atom is 0.119 e. The fraction of sp³-hybridized carbons (Fsp3) is 0.250. The van der Waals surface area contributed by atoms with Gasteiger partial charge in [0.25, 0.3) is 0 Å². The summed E-state index contributed by atoms with van der Waals surface area (Å²) in [5.41, 5.74) is 2.18. The van der Waals surface area contributed by atoms with E-state index in [-0.39, 0.29) is 4.83 Å². The molecule has 1 nitrogen and oxygen atoms in total. The van der Waals surface area contributed by atoms with Gasteiger partial charge in [0.05, 0.1) is 21.5 Å². The van der Waals surface area contributed by atoms with E-state index >= 15 is 0 Å². The van der Waals surface area contributed by atoms with E-state index in [0.717, 1.165) is 29.9 Å². The van der Waals surface area contributed by atoms with Gasteiger partial charge in [-0.25, -0.2) is 0 Å². The molecule has 0 bridgehead atoms. The maximum atomic E-state index is 6.07. The Balaban J connectivity index is 2.23. The smallest absolute Gasteiger partial charge is 0.119 e. The van der Waals surface area contributed by atoms with Crippen LogP contribution in [0.2, 0.25) is 10.0 Å². The molecule has 0 aliphatic carbocycles. The third-order valence-corrected chi connectivity index (χ3v) is 4.66. The monoisotopic (exact) mass is 372 g/mol. The average molecular weight is 374 g/mol. The fourth-order valence-electron chi connectivity index (χ4n) is 1.84. The molecule has 0 aliphatic rings. The summed E-state index contributed by atoms with van der Waals surface area (Å²) in [6, 6.07) is 13.7. The van der Waals surface area contributed by atoms with Crippen LogP contribution in [-0.2, 0) is 0 Å². The molecule has 1 unspecified atom stereocenters. The summed E-state index contributed by atoms with van der Waals surface area (Å²) < 4.78 is 5.66. The Morgan fingerprint density at radius 2 is 1.80 bits per heavy atom. The molecule has 106 valence electrons. The molecular formula is C16H15BrCl2O. The lowest BCUT2D eigenvalue weighted by Gasteiger charge is -2.13. The molecule has 0 heterocycles. The Kier molecular flexibility index (Phi) is 5.76. The van der Waals surface area contributed by atoms with Gasteiger partial charge in [-0.15, -0.1) is 0 Å². The molecule has 0 fully saturated rings. The van der Waals surface area contributed by atoms with Gasteiger partial charge in [0.15, 0.2) is 0 Å². The van der Waals surface area contributed by atoms with E-state index in [2.05, 4.69) is 28.9 Å². The van der Waals surface area contributed by atoms with Crippen LogP contribution < -0.4 is 4.74 Å². The van der Waals surface area contributed by atoms with Gasteiger partial charge in [-0.05, 0) is 41.8 Å². The van der Waals surface area contributed by atoms with Gasteiger partial charge in [-0.1, -0.05) is 64.3 Å². The van der Waals surface area contributed by atoms with Gasteiger partial charge in [-0.3, -0.25) is 0 Å². The molecule has 0 aliphatic heterocycles. The molecule has 2 aromatic rings. The van der Waals surface area contributed by atoms with Crippen molar-refractivity contribution in [2.75, 3.05) is 6.61 Å². The molecule has 0 saturated carbocycles. The molecule has 0 saturated heterocycles. The van der Waals surface area contributed by atoms with Crippen molar-refractivity contribution < 1.29 is 4.74 Å². The minimum absolute atomic E-state index is 0.0578. The van der Waals surface area contributed by atoms with Crippen LogP contribution in [0.4, 0.5) is 0 Å². The molecule has 0 radical (unpaired) electrons. The van der Waals surface area contributed by atoms with Crippen molar-refractivity contribution in [2.45, 2.75) is 18.2 Å². The first-order chi connectivity index (χ1) is 9.61. The fourth-order valence-corrected chi connectivity index (χ4v) is 2.72. The van der Waals surface area contributed by atoms with Crippen molar-refractivity contribution >= 4 is 39.1 Å². The average Bonchev–Trinajstić information content (AvgIpc) is 2.47. The zero-order valence-corrected chi connectivity index (χ0v) is 14.2. The first-order valence-electron chi connectivity index (χ1n) is 6.43. The van der Waals surface area contributed by atoms with E-state index < -0.39 is 0 Å². The standard InChI is InChI=1S/C16H15BrCl2O/c1-2-8-20-13-5-3-4-11(9-13)16(17)12-6-7-14(18)15(19)10-12/h3-7,9-10,16H,2,8H2,1H3. The summed E-state index contributed by atoms with van der Waals surface area (Å²) >= 11 is 15.7. The summed E-state index contributed by atoms with van der Waals surface area (Å²) in [6.45, 7) is 2.82. The number of benzene rings is 2. The van der Waals surface area contributed by atoms with Gasteiger partial charge >= 0.3 is 0 Å². The van der Waals surface area contributed by atoms with Crippen LogP contribution in [0.5, 0.6) is 5.75 Å². The molecular weight excluding hydrogens is 359 g/mol. The highest BCUT2D eigenvalue weighted by Crippen LogP contribution is 2.35. The molecule has 1 atom stereocenters. The summed E-state index contributed by atoms with van der Waals surface area (Å²) in [5.74, 6) is 0.883. The van der Waals surface area contributed by atoms with E-state index in [1.165, 1.54) is 0 Å². The van der Waals surface area contributed by atoms with Crippen molar-refractivity contribution in [1.29, 1.82) is 0 Å². The van der Waals surface area contributed by atoms with Crippen LogP contribution in [-0.4, -0.2) is 6.61 Å². The largest absolute Gasteiger partial charge is 0.494 e. The Morgan fingerprint density at radius 3 is 2.50 bits per heavy atom. The minimum Gasteiger partial charge on any atom is -0.494 e. The maximum absolute atomic E-state index is 6.07. The van der Waals surface area contributed by atoms with Crippen LogP contribution in [0.1, 0.15) is 29.3 Å². The topological polar surface area (TPSA) is 9.23 Å². The van der Waals surface area contributed by atoms with Crippen LogP contribution >= 0.6 is 39.1 Å². The third kappa shape index (κ3) is 3.91. The quantitative estimate of drug-likeness (QED) is 0.561. The number of alkyl halides is 1. The highest BCUT2D eigenvalue weighted by molar-refractivity contribution is 9.09. The second kappa shape index (κ2) is 7.35. The summed E-state index contributed by atoms with van der Waals surface area (Å²) in [7, 11) is 0. The van der Waals surface area contributed by atoms with Gasteiger partial charge < -0.3 is 4.74 Å². The molecule has 0 amide bonds. The SMILES string of the molecule is CCCOc1cccc(C(Br)c2ccc(Cl)c(Cl)c2)c1. The van der Waals surface area contributed by atoms with E-state index in [0.29, 0.717) is 10.0 Å². The summed E-state index contributed by atoms with van der Waals surface area (Å²) in [5, 5.41) is 1.13. The molecule has 20 heavy (non-hydrogen) atoms. The van der Waals surface area contributed by atoms with Crippen molar-refractivity contribution in [2.24, 2.45) is 0 Å². The number of rotatable bonds is 5. The second-order valence-electron chi connectivity index (χ2n) is 4.46. The molecule has 0 spiro atoms. The lowest BCUT2D eigenvalue weighted by atomic mass is 10.0. The van der Waals surface area contributed by atoms with Gasteiger partial charge in [0.1, 0.15) is 5.75 Å². The number of hydrogen-bond acceptors (Lipinski definition) is 1. The minimum atomic E-state index is 0.0578. The highest BCUT2D eigenvalue weighted by atomic mass is 79.9. The Bertz CT molecular complexity index is 586. The van der Waals surface area contributed by atoms with Crippen molar-refractivity contribution in [3.8, 4) is 5.75 Å². The third-order valence-electron chi connectivity index (χ3n) is 2.86. The second-order valence-corrected chi connectivity index (χ2v) is 6.19. The van der Waals surface area contributed by atoms with Crippen molar-refractivity contribution in [1.82, 2.24) is 0 Å². The van der Waals surface area contributed by atoms with Crippen LogP contribution in [0.3, 0.4) is 0 Å². The normalized spacial score (nSPS) is 12.2. The molecule has 4 heteroatoms. The van der Waals surface area contributed by atoms with Gasteiger partial charge in [0.2, 0.25) is 0 Å². The van der Waals surface area contributed by atoms with Crippen LogP contribution in [0.15, 0.2) is 42.5 Å². The lowest BCUT2D eigenvalue weighted by molar-refractivity contribution is 0.317. The molecule has 2 aromatic carbocycles. The first-order valence-corrected chi connectivity index (χ1v) is 8.10. The number of halogens is 3. The lowest BCUT2D eigenvalue weighted by Crippen LogP contribution is -1.97. The predicted octanol–water partition coefficient (Wildman–Crippen LogP) is 6.27. The first kappa shape index (κ1) is 15.7. The predicted molar refractivity (Wildman–Crippen MR) is 89.5 cm³/mol.